The third-order valence-corrected chi connectivity index (χ3v) is 3.40. The van der Waals surface area contributed by atoms with E-state index in [0.717, 1.165) is 23.8 Å². The highest BCUT2D eigenvalue weighted by Crippen LogP contribution is 2.28. The lowest BCUT2D eigenvalue weighted by Crippen LogP contribution is -2.29. The molecule has 88 valence electrons. The van der Waals surface area contributed by atoms with Crippen LogP contribution in [0.5, 0.6) is 0 Å². The van der Waals surface area contributed by atoms with Gasteiger partial charge in [0.05, 0.1) is 23.7 Å². The molecule has 1 aromatic rings. The molecule has 0 saturated heterocycles. The quantitative estimate of drug-likeness (QED) is 0.846. The summed E-state index contributed by atoms with van der Waals surface area (Å²) in [5.74, 6) is 0.862. The van der Waals surface area contributed by atoms with Crippen molar-refractivity contribution in [1.82, 2.24) is 4.98 Å². The van der Waals surface area contributed by atoms with Crippen LogP contribution in [0.4, 0.5) is 5.69 Å². The molecule has 1 aliphatic carbocycles. The number of hydrogen-bond acceptors (Lipinski definition) is 3. The average Bonchev–Trinajstić information content (AvgIpc) is 2.23. The smallest absolute Gasteiger partial charge is 0.0931 e. The van der Waals surface area contributed by atoms with E-state index in [1.54, 1.807) is 6.92 Å². The van der Waals surface area contributed by atoms with E-state index >= 15 is 0 Å². The maximum Gasteiger partial charge on any atom is 0.0931 e. The van der Waals surface area contributed by atoms with Gasteiger partial charge in [-0.15, -0.1) is 0 Å². The van der Waals surface area contributed by atoms with Gasteiger partial charge in [0.15, 0.2) is 0 Å². The Bertz CT molecular complexity index is 330. The summed E-state index contributed by atoms with van der Waals surface area (Å²) in [6.07, 6.45) is 5.48. The fourth-order valence-corrected chi connectivity index (χ4v) is 2.04. The van der Waals surface area contributed by atoms with Gasteiger partial charge >= 0.3 is 0 Å². The third kappa shape index (κ3) is 2.53. The molecule has 1 saturated carbocycles. The Morgan fingerprint density at radius 3 is 2.69 bits per heavy atom. The molecule has 3 heteroatoms. The molecule has 0 amide bonds. The number of rotatable bonds is 4. The fraction of sp³-hybridized carbons (Fsp3) is 0.615. The van der Waals surface area contributed by atoms with Gasteiger partial charge in [0, 0.05) is 13.6 Å². The topological polar surface area (TPSA) is 36.4 Å². The molecule has 2 rings (SSSR count). The molecule has 0 aliphatic heterocycles. The zero-order valence-electron chi connectivity index (χ0n) is 10.1. The van der Waals surface area contributed by atoms with Gasteiger partial charge in [-0.1, -0.05) is 6.42 Å². The number of aliphatic hydroxyl groups excluding tert-OH is 1. The molecule has 0 aromatic carbocycles. The van der Waals surface area contributed by atoms with E-state index in [4.69, 9.17) is 0 Å². The van der Waals surface area contributed by atoms with E-state index in [-0.39, 0.29) is 0 Å². The van der Waals surface area contributed by atoms with E-state index in [0.29, 0.717) is 0 Å². The molecule has 1 heterocycles. The largest absolute Gasteiger partial charge is 0.387 e. The van der Waals surface area contributed by atoms with E-state index in [1.807, 2.05) is 18.3 Å². The molecular formula is C13H20N2O. The van der Waals surface area contributed by atoms with Crippen LogP contribution in [0.1, 0.15) is 38.0 Å². The average molecular weight is 220 g/mol. The van der Waals surface area contributed by atoms with Crippen molar-refractivity contribution in [3.63, 3.8) is 0 Å². The van der Waals surface area contributed by atoms with Crippen molar-refractivity contribution in [2.45, 2.75) is 32.3 Å². The highest BCUT2D eigenvalue weighted by Gasteiger charge is 2.19. The van der Waals surface area contributed by atoms with Crippen molar-refractivity contribution in [3.05, 3.63) is 24.0 Å². The Labute approximate surface area is 97.1 Å². The first-order chi connectivity index (χ1) is 7.66. The molecule has 1 aliphatic rings. The summed E-state index contributed by atoms with van der Waals surface area (Å²) in [6, 6.07) is 3.94. The summed E-state index contributed by atoms with van der Waals surface area (Å²) < 4.78 is 0. The summed E-state index contributed by atoms with van der Waals surface area (Å²) in [4.78, 5) is 6.51. The van der Waals surface area contributed by atoms with Gasteiger partial charge in [0.25, 0.3) is 0 Å². The van der Waals surface area contributed by atoms with Crippen LogP contribution in [-0.4, -0.2) is 23.7 Å². The predicted molar refractivity (Wildman–Crippen MR) is 65.5 cm³/mol. The van der Waals surface area contributed by atoms with Gasteiger partial charge in [-0.05, 0) is 37.8 Å². The first-order valence-electron chi connectivity index (χ1n) is 6.02. The van der Waals surface area contributed by atoms with Crippen LogP contribution in [0.25, 0.3) is 0 Å². The van der Waals surface area contributed by atoms with E-state index in [9.17, 15) is 5.11 Å². The maximum absolute atomic E-state index is 9.37. The van der Waals surface area contributed by atoms with Gasteiger partial charge in [-0.25, -0.2) is 0 Å². The van der Waals surface area contributed by atoms with Gasteiger partial charge < -0.3 is 10.0 Å². The highest BCUT2D eigenvalue weighted by atomic mass is 16.3. The van der Waals surface area contributed by atoms with E-state index < -0.39 is 6.10 Å². The fourth-order valence-electron chi connectivity index (χ4n) is 2.04. The van der Waals surface area contributed by atoms with Crippen molar-refractivity contribution in [2.75, 3.05) is 18.5 Å². The van der Waals surface area contributed by atoms with Crippen molar-refractivity contribution >= 4 is 5.69 Å². The lowest BCUT2D eigenvalue weighted by atomic mass is 9.85. The molecular weight excluding hydrogens is 200 g/mol. The minimum Gasteiger partial charge on any atom is -0.387 e. The van der Waals surface area contributed by atoms with Gasteiger partial charge in [0.1, 0.15) is 0 Å². The van der Waals surface area contributed by atoms with Crippen LogP contribution in [0.3, 0.4) is 0 Å². The summed E-state index contributed by atoms with van der Waals surface area (Å²) >= 11 is 0. The first kappa shape index (κ1) is 11.4. The normalized spacial score (nSPS) is 17.9. The molecule has 1 unspecified atom stereocenters. The summed E-state index contributed by atoms with van der Waals surface area (Å²) in [6.45, 7) is 2.86. The Kier molecular flexibility index (Phi) is 3.44. The van der Waals surface area contributed by atoms with Crippen LogP contribution in [-0.2, 0) is 0 Å². The van der Waals surface area contributed by atoms with Gasteiger partial charge in [-0.3, -0.25) is 4.98 Å². The SMILES string of the molecule is CC(O)c1ccc(N(C)CC2CCC2)cn1. The molecule has 0 spiro atoms. The van der Waals surface area contributed by atoms with Crippen LogP contribution >= 0.6 is 0 Å². The number of nitrogens with zero attached hydrogens (tertiary/aromatic N) is 2. The van der Waals surface area contributed by atoms with Crippen molar-refractivity contribution in [1.29, 1.82) is 0 Å². The predicted octanol–water partition coefficient (Wildman–Crippen LogP) is 2.37. The number of aliphatic hydroxyl groups is 1. The van der Waals surface area contributed by atoms with Gasteiger partial charge in [0.2, 0.25) is 0 Å². The minimum atomic E-state index is -0.481. The van der Waals surface area contributed by atoms with Crippen LogP contribution < -0.4 is 4.90 Å². The number of pyridine rings is 1. The summed E-state index contributed by atoms with van der Waals surface area (Å²) in [5, 5.41) is 9.37. The minimum absolute atomic E-state index is 0.481. The van der Waals surface area contributed by atoms with Crippen LogP contribution in [0.15, 0.2) is 18.3 Å². The maximum atomic E-state index is 9.37. The van der Waals surface area contributed by atoms with Crippen LogP contribution in [0, 0.1) is 5.92 Å². The zero-order chi connectivity index (χ0) is 11.5. The molecule has 16 heavy (non-hydrogen) atoms. The second-order valence-corrected chi connectivity index (χ2v) is 4.79. The monoisotopic (exact) mass is 220 g/mol. The second kappa shape index (κ2) is 4.83. The second-order valence-electron chi connectivity index (χ2n) is 4.79. The Morgan fingerprint density at radius 1 is 1.50 bits per heavy atom. The van der Waals surface area contributed by atoms with Crippen molar-refractivity contribution < 1.29 is 5.11 Å². The van der Waals surface area contributed by atoms with Crippen LogP contribution in [0.2, 0.25) is 0 Å². The highest BCUT2D eigenvalue weighted by molar-refractivity contribution is 5.43. The Morgan fingerprint density at radius 2 is 2.25 bits per heavy atom. The third-order valence-electron chi connectivity index (χ3n) is 3.40. The summed E-state index contributed by atoms with van der Waals surface area (Å²) in [7, 11) is 2.11. The summed E-state index contributed by atoms with van der Waals surface area (Å²) in [5.41, 5.74) is 1.87. The molecule has 3 nitrogen and oxygen atoms in total. The molecule has 0 bridgehead atoms. The molecule has 0 radical (unpaired) electrons. The standard InChI is InChI=1S/C13H20N2O/c1-10(16)13-7-6-12(8-14-13)15(2)9-11-4-3-5-11/h6-8,10-11,16H,3-5,9H2,1-2H3. The molecule has 1 fully saturated rings. The zero-order valence-corrected chi connectivity index (χ0v) is 10.1. The number of aromatic nitrogens is 1. The number of anilines is 1. The molecule has 1 aromatic heterocycles. The first-order valence-corrected chi connectivity index (χ1v) is 6.02. The van der Waals surface area contributed by atoms with Gasteiger partial charge in [-0.2, -0.15) is 0 Å². The number of hydrogen-bond donors (Lipinski definition) is 1. The Balaban J connectivity index is 1.97. The van der Waals surface area contributed by atoms with E-state index in [2.05, 4.69) is 16.9 Å². The van der Waals surface area contributed by atoms with E-state index in [1.165, 1.54) is 19.3 Å². The molecule has 1 N–H and O–H groups in total. The molecule has 1 atom stereocenters. The van der Waals surface area contributed by atoms with Crippen molar-refractivity contribution in [3.8, 4) is 0 Å². The van der Waals surface area contributed by atoms with Crippen molar-refractivity contribution in [2.24, 2.45) is 5.92 Å². The Hall–Kier alpha value is -1.09. The lowest BCUT2D eigenvalue weighted by molar-refractivity contribution is 0.194. The lowest BCUT2D eigenvalue weighted by Gasteiger charge is -2.31.